The Labute approximate surface area is 97.9 Å². The van der Waals surface area contributed by atoms with Crippen LogP contribution in [0.3, 0.4) is 0 Å². The Hall–Kier alpha value is -0.610. The number of carbonyl (C=O) groups excluding carboxylic acids is 1. The summed E-state index contributed by atoms with van der Waals surface area (Å²) in [6, 6.07) is 0.206. The largest absolute Gasteiger partial charge is 0.469 e. The third kappa shape index (κ3) is 4.49. The molecule has 16 heavy (non-hydrogen) atoms. The maximum atomic E-state index is 11.1. The van der Waals surface area contributed by atoms with E-state index in [9.17, 15) is 4.79 Å². The molecule has 1 heterocycles. The normalized spacial score (nSPS) is 23.1. The molecule has 94 valence electrons. The minimum Gasteiger partial charge on any atom is -0.469 e. The van der Waals surface area contributed by atoms with E-state index in [0.29, 0.717) is 12.5 Å². The summed E-state index contributed by atoms with van der Waals surface area (Å²) in [5, 5.41) is 0. The summed E-state index contributed by atoms with van der Waals surface area (Å²) in [6.07, 6.45) is 4.34. The number of rotatable bonds is 5. The number of carbonyl (C=O) groups is 1. The van der Waals surface area contributed by atoms with Gasteiger partial charge in [-0.1, -0.05) is 0 Å². The molecule has 0 aliphatic carbocycles. The molecule has 0 spiro atoms. The first-order valence-electron chi connectivity index (χ1n) is 6.02. The van der Waals surface area contributed by atoms with Crippen molar-refractivity contribution in [2.45, 2.75) is 44.8 Å². The first-order valence-corrected chi connectivity index (χ1v) is 6.02. The van der Waals surface area contributed by atoms with Gasteiger partial charge in [0.1, 0.15) is 0 Å². The number of nitrogens with zero attached hydrogens (tertiary/aromatic N) is 1. The van der Waals surface area contributed by atoms with Crippen molar-refractivity contribution in [3.63, 3.8) is 0 Å². The molecule has 0 bridgehead atoms. The van der Waals surface area contributed by atoms with E-state index in [1.165, 1.54) is 20.0 Å². The summed E-state index contributed by atoms with van der Waals surface area (Å²) in [4.78, 5) is 13.3. The molecule has 1 rings (SSSR count). The molecule has 1 saturated heterocycles. The minimum absolute atomic E-state index is 0.149. The average molecular weight is 229 g/mol. The summed E-state index contributed by atoms with van der Waals surface area (Å²) in [7, 11) is 3.46. The third-order valence-electron chi connectivity index (χ3n) is 3.21. The van der Waals surface area contributed by atoms with Gasteiger partial charge in [0, 0.05) is 19.2 Å². The zero-order chi connectivity index (χ0) is 12.0. The number of likely N-dealkylation sites (N-methyl/N-ethyl adjacent to an activating group) is 1. The van der Waals surface area contributed by atoms with Gasteiger partial charge < -0.3 is 14.4 Å². The fourth-order valence-electron chi connectivity index (χ4n) is 1.93. The van der Waals surface area contributed by atoms with Crippen molar-refractivity contribution in [3.05, 3.63) is 0 Å². The van der Waals surface area contributed by atoms with E-state index >= 15 is 0 Å². The number of ether oxygens (including phenoxy) is 2. The van der Waals surface area contributed by atoms with Gasteiger partial charge in [-0.3, -0.25) is 4.79 Å². The third-order valence-corrected chi connectivity index (χ3v) is 3.21. The van der Waals surface area contributed by atoms with E-state index in [4.69, 9.17) is 4.74 Å². The highest BCUT2D eigenvalue weighted by molar-refractivity contribution is 5.69. The molecule has 1 fully saturated rings. The van der Waals surface area contributed by atoms with Crippen LogP contribution in [0.25, 0.3) is 0 Å². The summed E-state index contributed by atoms with van der Waals surface area (Å²) >= 11 is 0. The number of methoxy groups -OCH3 is 1. The van der Waals surface area contributed by atoms with Gasteiger partial charge in [-0.25, -0.2) is 0 Å². The molecule has 2 unspecified atom stereocenters. The lowest BCUT2D eigenvalue weighted by Crippen LogP contribution is -2.39. The Kier molecular flexibility index (Phi) is 5.77. The first kappa shape index (κ1) is 13.5. The van der Waals surface area contributed by atoms with Crippen LogP contribution < -0.4 is 0 Å². The van der Waals surface area contributed by atoms with Gasteiger partial charge in [-0.15, -0.1) is 0 Å². The van der Waals surface area contributed by atoms with Crippen LogP contribution in [0.4, 0.5) is 0 Å². The van der Waals surface area contributed by atoms with Crippen molar-refractivity contribution in [3.8, 4) is 0 Å². The van der Waals surface area contributed by atoms with Gasteiger partial charge in [0.05, 0.1) is 19.6 Å². The molecule has 1 aliphatic heterocycles. The lowest BCUT2D eigenvalue weighted by atomic mass is 10.1. The SMILES string of the molecule is COC(=O)CC(C)N(C)CC1CCCCO1. The molecule has 0 aromatic rings. The molecule has 0 radical (unpaired) electrons. The second kappa shape index (κ2) is 6.86. The van der Waals surface area contributed by atoms with Gasteiger partial charge in [0.25, 0.3) is 0 Å². The Balaban J connectivity index is 2.26. The fraction of sp³-hybridized carbons (Fsp3) is 0.917. The van der Waals surface area contributed by atoms with Crippen LogP contribution in [0.1, 0.15) is 32.6 Å². The van der Waals surface area contributed by atoms with Crippen LogP contribution in [0, 0.1) is 0 Å². The highest BCUT2D eigenvalue weighted by Crippen LogP contribution is 2.15. The van der Waals surface area contributed by atoms with Gasteiger partial charge in [-0.2, -0.15) is 0 Å². The summed E-state index contributed by atoms with van der Waals surface area (Å²) in [5.74, 6) is -0.149. The number of hydrogen-bond acceptors (Lipinski definition) is 4. The molecule has 0 amide bonds. The number of esters is 1. The van der Waals surface area contributed by atoms with Crippen molar-refractivity contribution >= 4 is 5.97 Å². The fourth-order valence-corrected chi connectivity index (χ4v) is 1.93. The average Bonchev–Trinajstić information content (AvgIpc) is 2.30. The van der Waals surface area contributed by atoms with Crippen molar-refractivity contribution in [2.75, 3.05) is 27.3 Å². The van der Waals surface area contributed by atoms with E-state index in [-0.39, 0.29) is 12.0 Å². The molecule has 2 atom stereocenters. The van der Waals surface area contributed by atoms with Crippen LogP contribution in [-0.4, -0.2) is 50.3 Å². The monoisotopic (exact) mass is 229 g/mol. The van der Waals surface area contributed by atoms with E-state index < -0.39 is 0 Å². The highest BCUT2D eigenvalue weighted by atomic mass is 16.5. The zero-order valence-electron chi connectivity index (χ0n) is 10.6. The van der Waals surface area contributed by atoms with Crippen molar-refractivity contribution in [2.24, 2.45) is 0 Å². The lowest BCUT2D eigenvalue weighted by Gasteiger charge is -2.30. The topological polar surface area (TPSA) is 38.8 Å². The van der Waals surface area contributed by atoms with Gasteiger partial charge >= 0.3 is 5.97 Å². The van der Waals surface area contributed by atoms with Crippen molar-refractivity contribution in [1.29, 1.82) is 0 Å². The second-order valence-electron chi connectivity index (χ2n) is 4.56. The molecular formula is C12H23NO3. The molecule has 0 saturated carbocycles. The van der Waals surface area contributed by atoms with Crippen LogP contribution in [0.15, 0.2) is 0 Å². The molecular weight excluding hydrogens is 206 g/mol. The Morgan fingerprint density at radius 3 is 2.88 bits per heavy atom. The van der Waals surface area contributed by atoms with Crippen LogP contribution in [0.2, 0.25) is 0 Å². The second-order valence-corrected chi connectivity index (χ2v) is 4.56. The summed E-state index contributed by atoms with van der Waals surface area (Å²) in [5.41, 5.74) is 0. The predicted molar refractivity (Wildman–Crippen MR) is 62.3 cm³/mol. The molecule has 4 heteroatoms. The lowest BCUT2D eigenvalue weighted by molar-refractivity contribution is -0.142. The summed E-state index contributed by atoms with van der Waals surface area (Å²) in [6.45, 7) is 3.82. The highest BCUT2D eigenvalue weighted by Gasteiger charge is 2.20. The summed E-state index contributed by atoms with van der Waals surface area (Å²) < 4.78 is 10.3. The zero-order valence-corrected chi connectivity index (χ0v) is 10.6. The molecule has 0 aromatic heterocycles. The van der Waals surface area contributed by atoms with Crippen molar-refractivity contribution < 1.29 is 14.3 Å². The maximum Gasteiger partial charge on any atom is 0.307 e. The predicted octanol–water partition coefficient (Wildman–Crippen LogP) is 1.44. The Morgan fingerprint density at radius 2 is 2.31 bits per heavy atom. The van der Waals surface area contributed by atoms with Crippen LogP contribution in [-0.2, 0) is 14.3 Å². The van der Waals surface area contributed by atoms with E-state index in [1.54, 1.807) is 0 Å². The van der Waals surface area contributed by atoms with Gasteiger partial charge in [-0.05, 0) is 33.2 Å². The number of hydrogen-bond donors (Lipinski definition) is 0. The van der Waals surface area contributed by atoms with Gasteiger partial charge in [0.2, 0.25) is 0 Å². The van der Waals surface area contributed by atoms with Crippen LogP contribution >= 0.6 is 0 Å². The maximum absolute atomic E-state index is 11.1. The van der Waals surface area contributed by atoms with E-state index in [1.807, 2.05) is 14.0 Å². The van der Waals surface area contributed by atoms with Gasteiger partial charge in [0.15, 0.2) is 0 Å². The Bertz CT molecular complexity index is 214. The first-order chi connectivity index (χ1) is 7.63. The minimum atomic E-state index is -0.149. The standard InChI is InChI=1S/C12H23NO3/c1-10(8-12(14)15-3)13(2)9-11-6-4-5-7-16-11/h10-11H,4-9H2,1-3H3. The van der Waals surface area contributed by atoms with E-state index in [0.717, 1.165) is 19.6 Å². The molecule has 0 aromatic carbocycles. The van der Waals surface area contributed by atoms with Crippen molar-refractivity contribution in [1.82, 2.24) is 4.90 Å². The Morgan fingerprint density at radius 1 is 1.56 bits per heavy atom. The molecule has 0 N–H and O–H groups in total. The molecule has 4 nitrogen and oxygen atoms in total. The quantitative estimate of drug-likeness (QED) is 0.669. The smallest absolute Gasteiger partial charge is 0.307 e. The van der Waals surface area contributed by atoms with Crippen LogP contribution in [0.5, 0.6) is 0 Å². The molecule has 1 aliphatic rings. The van der Waals surface area contributed by atoms with E-state index in [2.05, 4.69) is 9.64 Å².